The topological polar surface area (TPSA) is 84.7 Å². The van der Waals surface area contributed by atoms with Crippen molar-refractivity contribution in [3.8, 4) is 5.82 Å². The highest BCUT2D eigenvalue weighted by Crippen LogP contribution is 2.22. The van der Waals surface area contributed by atoms with Crippen LogP contribution in [0.5, 0.6) is 0 Å². The molecule has 28 heavy (non-hydrogen) atoms. The number of nitrogens with zero attached hydrogens (tertiary/aromatic N) is 4. The Morgan fingerprint density at radius 2 is 1.89 bits per heavy atom. The summed E-state index contributed by atoms with van der Waals surface area (Å²) in [5, 5.41) is 11.3. The molecule has 1 amide bonds. The van der Waals surface area contributed by atoms with Crippen LogP contribution in [0.1, 0.15) is 21.9 Å². The Balaban J connectivity index is 1.64. The molecule has 3 rings (SSSR count). The van der Waals surface area contributed by atoms with E-state index in [1.54, 1.807) is 22.9 Å². The first-order valence-corrected chi connectivity index (χ1v) is 9.52. The molecule has 7 nitrogen and oxygen atoms in total. The quantitative estimate of drug-likeness (QED) is 0.565. The molecule has 0 radical (unpaired) electrons. The predicted octanol–water partition coefficient (Wildman–Crippen LogP) is 4.08. The Morgan fingerprint density at radius 1 is 1.11 bits per heavy atom. The number of carbonyl (C=O) groups is 1. The summed E-state index contributed by atoms with van der Waals surface area (Å²) in [6.45, 7) is 4.54. The average Bonchev–Trinajstić information content (AvgIpc) is 2.98. The minimum atomic E-state index is -0.384. The maximum atomic E-state index is 12.5. The molecule has 2 N–H and O–H groups in total. The SMILES string of the molecule is Cc1cc(C)n(-c2ccc(Cl)c(C(=O)NCCNc3ncc(Cl)cc3Cl)n2)n1. The molecule has 3 aromatic heterocycles. The molecule has 0 aromatic carbocycles. The molecule has 0 unspecified atom stereocenters. The van der Waals surface area contributed by atoms with Gasteiger partial charge < -0.3 is 10.6 Å². The zero-order chi connectivity index (χ0) is 20.3. The van der Waals surface area contributed by atoms with E-state index >= 15 is 0 Å². The van der Waals surface area contributed by atoms with Gasteiger partial charge >= 0.3 is 0 Å². The lowest BCUT2D eigenvalue weighted by Crippen LogP contribution is -2.30. The van der Waals surface area contributed by atoms with Crippen LogP contribution >= 0.6 is 34.8 Å². The number of anilines is 1. The lowest BCUT2D eigenvalue weighted by Gasteiger charge is -2.10. The van der Waals surface area contributed by atoms with Crippen LogP contribution in [-0.4, -0.2) is 38.7 Å². The lowest BCUT2D eigenvalue weighted by molar-refractivity contribution is 0.0950. The smallest absolute Gasteiger partial charge is 0.271 e. The second-order valence-corrected chi connectivity index (χ2v) is 7.26. The fraction of sp³-hybridized carbons (Fsp3) is 0.222. The number of carbonyl (C=O) groups excluding carboxylic acids is 1. The summed E-state index contributed by atoms with van der Waals surface area (Å²) in [6, 6.07) is 6.86. The highest BCUT2D eigenvalue weighted by atomic mass is 35.5. The highest BCUT2D eigenvalue weighted by Gasteiger charge is 2.15. The predicted molar refractivity (Wildman–Crippen MR) is 111 cm³/mol. The summed E-state index contributed by atoms with van der Waals surface area (Å²) in [7, 11) is 0. The maximum Gasteiger partial charge on any atom is 0.271 e. The summed E-state index contributed by atoms with van der Waals surface area (Å²) in [4.78, 5) is 20.9. The van der Waals surface area contributed by atoms with Gasteiger partial charge in [-0.2, -0.15) is 5.10 Å². The minimum Gasteiger partial charge on any atom is -0.367 e. The number of halogens is 3. The number of hydrogen-bond acceptors (Lipinski definition) is 5. The second kappa shape index (κ2) is 8.77. The molecule has 146 valence electrons. The summed E-state index contributed by atoms with van der Waals surface area (Å²) in [6.07, 6.45) is 1.49. The van der Waals surface area contributed by atoms with Crippen molar-refractivity contribution in [3.63, 3.8) is 0 Å². The van der Waals surface area contributed by atoms with Gasteiger partial charge in [-0.15, -0.1) is 0 Å². The van der Waals surface area contributed by atoms with Crippen molar-refractivity contribution in [2.45, 2.75) is 13.8 Å². The van der Waals surface area contributed by atoms with Crippen LogP contribution in [-0.2, 0) is 0 Å². The molecule has 10 heteroatoms. The normalized spacial score (nSPS) is 10.8. The van der Waals surface area contributed by atoms with E-state index in [1.165, 1.54) is 6.20 Å². The first kappa shape index (κ1) is 20.4. The zero-order valence-corrected chi connectivity index (χ0v) is 17.4. The maximum absolute atomic E-state index is 12.5. The van der Waals surface area contributed by atoms with Crippen molar-refractivity contribution < 1.29 is 4.79 Å². The summed E-state index contributed by atoms with van der Waals surface area (Å²) in [5.74, 6) is 0.628. The van der Waals surface area contributed by atoms with Crippen LogP contribution in [0.25, 0.3) is 5.82 Å². The van der Waals surface area contributed by atoms with E-state index in [0.717, 1.165) is 11.4 Å². The van der Waals surface area contributed by atoms with Gasteiger partial charge in [0.05, 0.1) is 20.8 Å². The van der Waals surface area contributed by atoms with Crippen LogP contribution in [0.2, 0.25) is 15.1 Å². The lowest BCUT2D eigenvalue weighted by atomic mass is 10.3. The molecule has 0 saturated carbocycles. The van der Waals surface area contributed by atoms with Gasteiger partial charge in [-0.1, -0.05) is 34.8 Å². The molecule has 0 atom stereocenters. The monoisotopic (exact) mass is 438 g/mol. The summed E-state index contributed by atoms with van der Waals surface area (Å²) >= 11 is 18.0. The third kappa shape index (κ3) is 4.73. The van der Waals surface area contributed by atoms with Crippen LogP contribution in [0.4, 0.5) is 5.82 Å². The molecule has 0 aliphatic rings. The van der Waals surface area contributed by atoms with E-state index in [1.807, 2.05) is 19.9 Å². The Labute approximate surface area is 177 Å². The number of aryl methyl sites for hydroxylation is 2. The van der Waals surface area contributed by atoms with Crippen molar-refractivity contribution >= 4 is 46.5 Å². The molecule has 0 aliphatic heterocycles. The van der Waals surface area contributed by atoms with E-state index in [-0.39, 0.29) is 16.6 Å². The number of amides is 1. The highest BCUT2D eigenvalue weighted by molar-refractivity contribution is 6.36. The van der Waals surface area contributed by atoms with Gasteiger partial charge in [0.25, 0.3) is 5.91 Å². The Hall–Kier alpha value is -2.35. The van der Waals surface area contributed by atoms with Gasteiger partial charge in [-0.25, -0.2) is 14.6 Å². The Bertz CT molecular complexity index is 1020. The number of pyridine rings is 2. The van der Waals surface area contributed by atoms with Gasteiger partial charge in [0.1, 0.15) is 11.5 Å². The second-order valence-electron chi connectivity index (χ2n) is 6.01. The van der Waals surface area contributed by atoms with Crippen LogP contribution in [0.15, 0.2) is 30.5 Å². The van der Waals surface area contributed by atoms with E-state index in [0.29, 0.717) is 34.8 Å². The Kier molecular flexibility index (Phi) is 6.39. The number of hydrogen-bond donors (Lipinski definition) is 2. The van der Waals surface area contributed by atoms with Crippen molar-refractivity contribution in [2.24, 2.45) is 0 Å². The average molecular weight is 440 g/mol. The minimum absolute atomic E-state index is 0.134. The van der Waals surface area contributed by atoms with Crippen molar-refractivity contribution in [1.82, 2.24) is 25.1 Å². The molecular weight excluding hydrogens is 423 g/mol. The van der Waals surface area contributed by atoms with E-state index in [2.05, 4.69) is 25.7 Å². The van der Waals surface area contributed by atoms with Crippen LogP contribution < -0.4 is 10.6 Å². The number of rotatable bonds is 6. The first-order chi connectivity index (χ1) is 13.3. The molecule has 3 heterocycles. The van der Waals surface area contributed by atoms with Gasteiger partial charge in [0, 0.05) is 25.0 Å². The number of nitrogens with one attached hydrogen (secondary N) is 2. The molecular formula is C18H17Cl3N6O. The van der Waals surface area contributed by atoms with Crippen molar-refractivity contribution in [3.05, 3.63) is 62.6 Å². The van der Waals surface area contributed by atoms with E-state index in [4.69, 9.17) is 34.8 Å². The van der Waals surface area contributed by atoms with Gasteiger partial charge in [-0.3, -0.25) is 4.79 Å². The standard InChI is InChI=1S/C18H17Cl3N6O/c1-10-7-11(2)27(26-10)15-4-3-13(20)16(25-15)18(28)23-6-5-22-17-14(21)8-12(19)9-24-17/h3-4,7-9H,5-6H2,1-2H3,(H,22,24)(H,23,28). The molecule has 0 aliphatic carbocycles. The van der Waals surface area contributed by atoms with Gasteiger partial charge in [0.15, 0.2) is 5.82 Å². The zero-order valence-electron chi connectivity index (χ0n) is 15.1. The molecule has 0 fully saturated rings. The number of aromatic nitrogens is 4. The van der Waals surface area contributed by atoms with Crippen LogP contribution in [0.3, 0.4) is 0 Å². The van der Waals surface area contributed by atoms with Crippen molar-refractivity contribution in [2.75, 3.05) is 18.4 Å². The summed E-state index contributed by atoms with van der Waals surface area (Å²) < 4.78 is 1.66. The Morgan fingerprint density at radius 3 is 2.57 bits per heavy atom. The fourth-order valence-corrected chi connectivity index (χ4v) is 3.19. The van der Waals surface area contributed by atoms with E-state index in [9.17, 15) is 4.79 Å². The van der Waals surface area contributed by atoms with Gasteiger partial charge in [0.2, 0.25) is 0 Å². The fourth-order valence-electron chi connectivity index (χ4n) is 2.56. The molecule has 0 bridgehead atoms. The van der Waals surface area contributed by atoms with Crippen LogP contribution in [0, 0.1) is 13.8 Å². The van der Waals surface area contributed by atoms with E-state index < -0.39 is 0 Å². The molecule has 3 aromatic rings. The third-order valence-corrected chi connectivity index (χ3v) is 4.58. The molecule has 0 saturated heterocycles. The largest absolute Gasteiger partial charge is 0.367 e. The van der Waals surface area contributed by atoms with Crippen molar-refractivity contribution in [1.29, 1.82) is 0 Å². The first-order valence-electron chi connectivity index (χ1n) is 8.38. The summed E-state index contributed by atoms with van der Waals surface area (Å²) in [5.41, 5.74) is 1.91. The van der Waals surface area contributed by atoms with Gasteiger partial charge in [-0.05, 0) is 38.1 Å². The third-order valence-electron chi connectivity index (χ3n) is 3.78. The molecule has 0 spiro atoms.